The summed E-state index contributed by atoms with van der Waals surface area (Å²) in [6.45, 7) is 5.22. The van der Waals surface area contributed by atoms with E-state index in [1.54, 1.807) is 25.3 Å². The maximum absolute atomic E-state index is 12.8. The number of rotatable bonds is 7. The second-order valence-corrected chi connectivity index (χ2v) is 6.78. The van der Waals surface area contributed by atoms with Gasteiger partial charge in [0.2, 0.25) is 0 Å². The summed E-state index contributed by atoms with van der Waals surface area (Å²) in [6, 6.07) is 4.48. The largest absolute Gasteiger partial charge is 0.503 e. The Bertz CT molecular complexity index is 785. The van der Waals surface area contributed by atoms with Crippen LogP contribution in [0.25, 0.3) is 0 Å². The number of methoxy groups -OCH3 is 2. The molecule has 0 saturated carbocycles. The molecule has 152 valence electrons. The lowest BCUT2D eigenvalue weighted by Crippen LogP contribution is -2.43. The maximum atomic E-state index is 12.8. The number of carbonyl (C=O) groups is 2. The van der Waals surface area contributed by atoms with E-state index in [9.17, 15) is 14.7 Å². The first-order valence-corrected chi connectivity index (χ1v) is 9.25. The van der Waals surface area contributed by atoms with Crippen LogP contribution in [-0.2, 0) is 14.3 Å². The van der Waals surface area contributed by atoms with Crippen molar-refractivity contribution in [2.24, 2.45) is 0 Å². The molecule has 1 amide bonds. The van der Waals surface area contributed by atoms with Gasteiger partial charge in [0.25, 0.3) is 5.91 Å². The number of ketones is 1. The second-order valence-electron chi connectivity index (χ2n) is 6.78. The molecule has 8 nitrogen and oxygen atoms in total. The van der Waals surface area contributed by atoms with E-state index in [-0.39, 0.29) is 11.4 Å². The fourth-order valence-corrected chi connectivity index (χ4v) is 3.69. The van der Waals surface area contributed by atoms with Gasteiger partial charge in [0.15, 0.2) is 11.5 Å². The van der Waals surface area contributed by atoms with E-state index in [0.717, 1.165) is 13.1 Å². The zero-order chi connectivity index (χ0) is 20.3. The normalized spacial score (nSPS) is 20.6. The van der Waals surface area contributed by atoms with Crippen molar-refractivity contribution in [3.63, 3.8) is 0 Å². The first-order valence-electron chi connectivity index (χ1n) is 9.25. The van der Waals surface area contributed by atoms with Crippen LogP contribution in [0.2, 0.25) is 0 Å². The molecule has 1 aromatic rings. The Labute approximate surface area is 164 Å². The third kappa shape index (κ3) is 3.83. The van der Waals surface area contributed by atoms with Crippen molar-refractivity contribution < 1.29 is 28.9 Å². The number of nitrogens with zero attached hydrogens (tertiary/aromatic N) is 2. The molecule has 1 saturated heterocycles. The molecule has 0 radical (unpaired) electrons. The van der Waals surface area contributed by atoms with Gasteiger partial charge in [-0.15, -0.1) is 0 Å². The number of aliphatic hydroxyl groups excluding tert-OH is 1. The van der Waals surface area contributed by atoms with Crippen molar-refractivity contribution in [3.8, 4) is 11.5 Å². The fourth-order valence-electron chi connectivity index (χ4n) is 3.69. The summed E-state index contributed by atoms with van der Waals surface area (Å²) in [5.74, 6) is -0.304. The number of hydrogen-bond donors (Lipinski definition) is 1. The van der Waals surface area contributed by atoms with Crippen molar-refractivity contribution in [2.45, 2.75) is 13.0 Å². The monoisotopic (exact) mass is 390 g/mol. The Kier molecular flexibility index (Phi) is 6.21. The average molecular weight is 390 g/mol. The lowest BCUT2D eigenvalue weighted by molar-refractivity contribution is -0.129. The molecule has 1 atom stereocenters. The Hall–Kier alpha value is -2.58. The minimum atomic E-state index is -0.726. The molecule has 2 heterocycles. The zero-order valence-corrected chi connectivity index (χ0v) is 16.4. The number of benzene rings is 1. The molecule has 0 unspecified atom stereocenters. The van der Waals surface area contributed by atoms with Crippen molar-refractivity contribution in [1.82, 2.24) is 9.80 Å². The first-order chi connectivity index (χ1) is 13.5. The van der Waals surface area contributed by atoms with Gasteiger partial charge in [0.05, 0.1) is 39.0 Å². The van der Waals surface area contributed by atoms with Crippen molar-refractivity contribution in [1.29, 1.82) is 0 Å². The van der Waals surface area contributed by atoms with Crippen LogP contribution in [-0.4, -0.2) is 80.2 Å². The van der Waals surface area contributed by atoms with Gasteiger partial charge in [-0.25, -0.2) is 0 Å². The van der Waals surface area contributed by atoms with Gasteiger partial charge in [-0.2, -0.15) is 0 Å². The van der Waals surface area contributed by atoms with Gasteiger partial charge in [-0.1, -0.05) is 0 Å². The SMILES string of the molecule is COc1ccc(OC)c([C@@H]2C(C(C)=O)=C(O)C(=O)N2CCN2CCOCC2)c1. The van der Waals surface area contributed by atoms with Gasteiger partial charge in [0, 0.05) is 31.7 Å². The van der Waals surface area contributed by atoms with Gasteiger partial charge in [-0.3, -0.25) is 14.5 Å². The zero-order valence-electron chi connectivity index (χ0n) is 16.4. The molecule has 1 fully saturated rings. The third-order valence-corrected chi connectivity index (χ3v) is 5.18. The minimum Gasteiger partial charge on any atom is -0.503 e. The highest BCUT2D eigenvalue weighted by atomic mass is 16.5. The third-order valence-electron chi connectivity index (χ3n) is 5.18. The summed E-state index contributed by atoms with van der Waals surface area (Å²) in [5.41, 5.74) is 0.685. The number of Topliss-reactive ketones (excluding diaryl/α,β-unsaturated/α-hetero) is 1. The quantitative estimate of drug-likeness (QED) is 0.751. The Morgan fingerprint density at radius 3 is 2.54 bits per heavy atom. The van der Waals surface area contributed by atoms with E-state index in [2.05, 4.69) is 4.90 Å². The number of ether oxygens (including phenoxy) is 3. The molecule has 28 heavy (non-hydrogen) atoms. The highest BCUT2D eigenvalue weighted by Gasteiger charge is 2.43. The van der Waals surface area contributed by atoms with Gasteiger partial charge in [0.1, 0.15) is 11.5 Å². The van der Waals surface area contributed by atoms with Crippen molar-refractivity contribution in [2.75, 3.05) is 53.6 Å². The second kappa shape index (κ2) is 8.62. The van der Waals surface area contributed by atoms with Crippen LogP contribution in [0.1, 0.15) is 18.5 Å². The minimum absolute atomic E-state index is 0.0820. The van der Waals surface area contributed by atoms with Crippen molar-refractivity contribution in [3.05, 3.63) is 35.1 Å². The highest BCUT2D eigenvalue weighted by Crippen LogP contribution is 2.42. The summed E-state index contributed by atoms with van der Waals surface area (Å²) < 4.78 is 16.1. The average Bonchev–Trinajstić information content (AvgIpc) is 2.97. The molecule has 0 spiro atoms. The molecule has 1 aromatic carbocycles. The van der Waals surface area contributed by atoms with Gasteiger partial charge in [-0.05, 0) is 25.1 Å². The number of amides is 1. The van der Waals surface area contributed by atoms with E-state index in [1.807, 2.05) is 0 Å². The smallest absolute Gasteiger partial charge is 0.290 e. The highest BCUT2D eigenvalue weighted by molar-refractivity contribution is 6.08. The van der Waals surface area contributed by atoms with Gasteiger partial charge >= 0.3 is 0 Å². The molecule has 8 heteroatoms. The predicted molar refractivity (Wildman–Crippen MR) is 102 cm³/mol. The van der Waals surface area contributed by atoms with E-state index >= 15 is 0 Å². The van der Waals surface area contributed by atoms with Crippen LogP contribution < -0.4 is 9.47 Å². The van der Waals surface area contributed by atoms with Crippen molar-refractivity contribution >= 4 is 11.7 Å². The van der Waals surface area contributed by atoms with Gasteiger partial charge < -0.3 is 24.2 Å². The molecule has 0 bridgehead atoms. The summed E-state index contributed by atoms with van der Waals surface area (Å²) >= 11 is 0. The summed E-state index contributed by atoms with van der Waals surface area (Å²) in [5, 5.41) is 10.4. The molecular weight excluding hydrogens is 364 g/mol. The molecule has 2 aliphatic heterocycles. The fraction of sp³-hybridized carbons (Fsp3) is 0.500. The summed E-state index contributed by atoms with van der Waals surface area (Å²) in [6.07, 6.45) is 0. The van der Waals surface area contributed by atoms with Crippen LogP contribution in [0, 0.1) is 0 Å². The predicted octanol–water partition coefficient (Wildman–Crippen LogP) is 1.32. The molecular formula is C20H26N2O6. The standard InChI is InChI=1S/C20H26N2O6/c1-13(23)17-18(15-12-14(26-2)4-5-16(15)27-3)22(20(25)19(17)24)7-6-21-8-10-28-11-9-21/h4-5,12,18,24H,6-11H2,1-3H3/t18-/m1/s1. The van der Waals surface area contributed by atoms with Crippen LogP contribution in [0.15, 0.2) is 29.5 Å². The Morgan fingerprint density at radius 2 is 1.93 bits per heavy atom. The Morgan fingerprint density at radius 1 is 1.21 bits per heavy atom. The topological polar surface area (TPSA) is 88.5 Å². The lowest BCUT2D eigenvalue weighted by Gasteiger charge is -2.32. The van der Waals surface area contributed by atoms with Crippen LogP contribution in [0.5, 0.6) is 11.5 Å². The van der Waals surface area contributed by atoms with Crippen LogP contribution in [0.3, 0.4) is 0 Å². The molecule has 1 N–H and O–H groups in total. The van der Waals surface area contributed by atoms with E-state index < -0.39 is 17.7 Å². The summed E-state index contributed by atoms with van der Waals surface area (Å²) in [7, 11) is 3.07. The summed E-state index contributed by atoms with van der Waals surface area (Å²) in [4.78, 5) is 28.8. The number of morpholine rings is 1. The maximum Gasteiger partial charge on any atom is 0.290 e. The molecule has 2 aliphatic rings. The van der Waals surface area contributed by atoms with Crippen LogP contribution in [0.4, 0.5) is 0 Å². The van der Waals surface area contributed by atoms with Crippen LogP contribution >= 0.6 is 0 Å². The molecule has 0 aliphatic carbocycles. The number of aliphatic hydroxyl groups is 1. The molecule has 0 aromatic heterocycles. The van der Waals surface area contributed by atoms with E-state index in [4.69, 9.17) is 14.2 Å². The Balaban J connectivity index is 1.97. The number of hydrogen-bond acceptors (Lipinski definition) is 7. The first kappa shape index (κ1) is 20.2. The van der Waals surface area contributed by atoms with E-state index in [1.165, 1.54) is 18.9 Å². The van der Waals surface area contributed by atoms with E-state index in [0.29, 0.717) is 43.4 Å². The lowest BCUT2D eigenvalue weighted by atomic mass is 9.95. The number of carbonyl (C=O) groups excluding carboxylic acids is 2. The molecule has 3 rings (SSSR count).